The molecule has 0 aliphatic heterocycles. The van der Waals surface area contributed by atoms with Crippen LogP contribution < -0.4 is 10.6 Å². The first-order chi connectivity index (χ1) is 11.7. The molecule has 0 aromatic heterocycles. The zero-order valence-corrected chi connectivity index (χ0v) is 13.4. The van der Waals surface area contributed by atoms with Crippen molar-refractivity contribution in [2.75, 3.05) is 11.9 Å². The third-order valence-corrected chi connectivity index (χ3v) is 3.73. The van der Waals surface area contributed by atoms with E-state index in [0.29, 0.717) is 23.4 Å². The lowest BCUT2D eigenvalue weighted by Gasteiger charge is -2.08. The van der Waals surface area contributed by atoms with Gasteiger partial charge in [-0.25, -0.2) is 0 Å². The average molecular weight is 318 g/mol. The number of hydrogen-bond acceptors (Lipinski definition) is 2. The molecule has 0 spiro atoms. The van der Waals surface area contributed by atoms with Crippen molar-refractivity contribution in [1.29, 1.82) is 0 Å². The summed E-state index contributed by atoms with van der Waals surface area (Å²) in [5, 5.41) is 7.69. The highest BCUT2D eigenvalue weighted by molar-refractivity contribution is 6.07. The fourth-order valence-electron chi connectivity index (χ4n) is 2.53. The molecule has 0 aliphatic carbocycles. The molecule has 0 aliphatic rings. The second-order valence-electron chi connectivity index (χ2n) is 5.46. The van der Waals surface area contributed by atoms with Gasteiger partial charge in [0, 0.05) is 23.4 Å². The first-order valence-corrected chi connectivity index (χ1v) is 7.86. The summed E-state index contributed by atoms with van der Waals surface area (Å²) in [6.07, 6.45) is 0. The Morgan fingerprint density at radius 1 is 0.792 bits per heavy atom. The standard InChI is InChI=1S/C20H18N2O2/c1-2-21-19(23)16-8-5-9-18(13-16)22-20(24)17-11-10-14-6-3-4-7-15(14)12-17/h3-13H,2H2,1H3,(H,21,23)(H,22,24). The number of carbonyl (C=O) groups excluding carboxylic acids is 2. The monoisotopic (exact) mass is 318 g/mol. The predicted octanol–water partition coefficient (Wildman–Crippen LogP) is 3.84. The maximum absolute atomic E-state index is 12.5. The molecule has 4 heteroatoms. The van der Waals surface area contributed by atoms with Crippen LogP contribution in [0.3, 0.4) is 0 Å². The van der Waals surface area contributed by atoms with Gasteiger partial charge in [-0.05, 0) is 48.0 Å². The van der Waals surface area contributed by atoms with Crippen LogP contribution in [0.2, 0.25) is 0 Å². The number of nitrogens with one attached hydrogen (secondary N) is 2. The Labute approximate surface area is 140 Å². The molecule has 4 nitrogen and oxygen atoms in total. The third-order valence-electron chi connectivity index (χ3n) is 3.73. The lowest BCUT2D eigenvalue weighted by Crippen LogP contribution is -2.22. The van der Waals surface area contributed by atoms with Gasteiger partial charge in [-0.1, -0.05) is 36.4 Å². The molecule has 0 radical (unpaired) electrons. The maximum atomic E-state index is 12.5. The molecule has 2 amide bonds. The quantitative estimate of drug-likeness (QED) is 0.768. The minimum absolute atomic E-state index is 0.153. The summed E-state index contributed by atoms with van der Waals surface area (Å²) in [6, 6.07) is 20.4. The van der Waals surface area contributed by atoms with Crippen molar-refractivity contribution in [3.8, 4) is 0 Å². The third kappa shape index (κ3) is 3.43. The molecule has 0 saturated carbocycles. The lowest BCUT2D eigenvalue weighted by atomic mass is 10.1. The molecule has 3 aromatic carbocycles. The summed E-state index contributed by atoms with van der Waals surface area (Å²) < 4.78 is 0. The average Bonchev–Trinajstić information content (AvgIpc) is 2.61. The lowest BCUT2D eigenvalue weighted by molar-refractivity contribution is 0.0954. The van der Waals surface area contributed by atoms with Crippen LogP contribution in [0.1, 0.15) is 27.6 Å². The van der Waals surface area contributed by atoms with Crippen molar-refractivity contribution in [2.24, 2.45) is 0 Å². The second-order valence-corrected chi connectivity index (χ2v) is 5.46. The summed E-state index contributed by atoms with van der Waals surface area (Å²) in [6.45, 7) is 2.43. The van der Waals surface area contributed by atoms with E-state index in [1.807, 2.05) is 43.3 Å². The number of benzene rings is 3. The Balaban J connectivity index is 1.80. The van der Waals surface area contributed by atoms with Gasteiger partial charge in [0.1, 0.15) is 0 Å². The molecule has 120 valence electrons. The number of fused-ring (bicyclic) bond motifs is 1. The van der Waals surface area contributed by atoms with E-state index in [4.69, 9.17) is 0 Å². The molecule has 3 rings (SSSR count). The van der Waals surface area contributed by atoms with Gasteiger partial charge in [-0.15, -0.1) is 0 Å². The molecule has 3 aromatic rings. The molecular weight excluding hydrogens is 300 g/mol. The van der Waals surface area contributed by atoms with Gasteiger partial charge in [0.25, 0.3) is 11.8 Å². The Kier molecular flexibility index (Phi) is 4.57. The zero-order chi connectivity index (χ0) is 16.9. The van der Waals surface area contributed by atoms with Crippen LogP contribution in [0, 0.1) is 0 Å². The second kappa shape index (κ2) is 6.96. The molecule has 0 fully saturated rings. The Morgan fingerprint density at radius 3 is 2.33 bits per heavy atom. The molecule has 0 unspecified atom stereocenters. The van der Waals surface area contributed by atoms with E-state index >= 15 is 0 Å². The Hall–Kier alpha value is -3.14. The Morgan fingerprint density at radius 2 is 1.54 bits per heavy atom. The number of carbonyl (C=O) groups is 2. The minimum atomic E-state index is -0.200. The zero-order valence-electron chi connectivity index (χ0n) is 13.4. The first-order valence-electron chi connectivity index (χ1n) is 7.86. The van der Waals surface area contributed by atoms with E-state index in [2.05, 4.69) is 10.6 Å². The smallest absolute Gasteiger partial charge is 0.255 e. The Bertz CT molecular complexity index is 903. The van der Waals surface area contributed by atoms with Gasteiger partial charge >= 0.3 is 0 Å². The van der Waals surface area contributed by atoms with Crippen LogP contribution in [-0.4, -0.2) is 18.4 Å². The number of anilines is 1. The number of hydrogen-bond donors (Lipinski definition) is 2. The molecule has 0 atom stereocenters. The van der Waals surface area contributed by atoms with E-state index in [1.165, 1.54) is 0 Å². The van der Waals surface area contributed by atoms with Crippen LogP contribution in [0.15, 0.2) is 66.7 Å². The van der Waals surface area contributed by atoms with Crippen LogP contribution in [-0.2, 0) is 0 Å². The molecular formula is C20H18N2O2. The summed E-state index contributed by atoms with van der Waals surface area (Å²) in [4.78, 5) is 24.3. The van der Waals surface area contributed by atoms with E-state index < -0.39 is 0 Å². The fraction of sp³-hybridized carbons (Fsp3) is 0.100. The number of amides is 2. The summed E-state index contributed by atoms with van der Waals surface area (Å²) in [7, 11) is 0. The topological polar surface area (TPSA) is 58.2 Å². The molecule has 0 heterocycles. The van der Waals surface area contributed by atoms with Gasteiger partial charge in [0.2, 0.25) is 0 Å². The van der Waals surface area contributed by atoms with E-state index in [9.17, 15) is 9.59 Å². The van der Waals surface area contributed by atoms with Crippen molar-refractivity contribution in [3.05, 3.63) is 77.9 Å². The molecule has 0 bridgehead atoms. The van der Waals surface area contributed by atoms with Crippen molar-refractivity contribution in [2.45, 2.75) is 6.92 Å². The summed E-state index contributed by atoms with van der Waals surface area (Å²) in [5.41, 5.74) is 1.70. The minimum Gasteiger partial charge on any atom is -0.352 e. The van der Waals surface area contributed by atoms with Crippen molar-refractivity contribution in [1.82, 2.24) is 5.32 Å². The predicted molar refractivity (Wildman–Crippen MR) is 96.4 cm³/mol. The van der Waals surface area contributed by atoms with Crippen molar-refractivity contribution in [3.63, 3.8) is 0 Å². The van der Waals surface area contributed by atoms with E-state index in [1.54, 1.807) is 30.3 Å². The summed E-state index contributed by atoms with van der Waals surface area (Å²) in [5.74, 6) is -0.354. The van der Waals surface area contributed by atoms with Gasteiger partial charge in [-0.2, -0.15) is 0 Å². The van der Waals surface area contributed by atoms with Crippen molar-refractivity contribution < 1.29 is 9.59 Å². The van der Waals surface area contributed by atoms with Gasteiger partial charge in [0.05, 0.1) is 0 Å². The van der Waals surface area contributed by atoms with Crippen molar-refractivity contribution >= 4 is 28.3 Å². The van der Waals surface area contributed by atoms with Crippen LogP contribution in [0.25, 0.3) is 10.8 Å². The van der Waals surface area contributed by atoms with Crippen LogP contribution in [0.5, 0.6) is 0 Å². The van der Waals surface area contributed by atoms with E-state index in [0.717, 1.165) is 10.8 Å². The van der Waals surface area contributed by atoms with E-state index in [-0.39, 0.29) is 11.8 Å². The highest BCUT2D eigenvalue weighted by Gasteiger charge is 2.09. The highest BCUT2D eigenvalue weighted by Crippen LogP contribution is 2.17. The fourth-order valence-corrected chi connectivity index (χ4v) is 2.53. The van der Waals surface area contributed by atoms with Crippen LogP contribution in [0.4, 0.5) is 5.69 Å². The van der Waals surface area contributed by atoms with Gasteiger partial charge < -0.3 is 10.6 Å². The molecule has 2 N–H and O–H groups in total. The molecule has 0 saturated heterocycles. The maximum Gasteiger partial charge on any atom is 0.255 e. The van der Waals surface area contributed by atoms with Gasteiger partial charge in [0.15, 0.2) is 0 Å². The first kappa shape index (κ1) is 15.7. The summed E-state index contributed by atoms with van der Waals surface area (Å²) >= 11 is 0. The van der Waals surface area contributed by atoms with Gasteiger partial charge in [-0.3, -0.25) is 9.59 Å². The van der Waals surface area contributed by atoms with Crippen LogP contribution >= 0.6 is 0 Å². The normalized spacial score (nSPS) is 10.4. The largest absolute Gasteiger partial charge is 0.352 e. The molecule has 24 heavy (non-hydrogen) atoms. The highest BCUT2D eigenvalue weighted by atomic mass is 16.2. The SMILES string of the molecule is CCNC(=O)c1cccc(NC(=O)c2ccc3ccccc3c2)c1. The number of rotatable bonds is 4.